The Morgan fingerprint density at radius 1 is 1.78 bits per heavy atom. The average Bonchev–Trinajstić information content (AvgIpc) is 1.83. The molecule has 2 N–H and O–H groups in total. The minimum Gasteiger partial charge on any atom is -0.466 e. The first kappa shape index (κ1) is 8.17. The highest BCUT2D eigenvalue weighted by Gasteiger charge is 1.90. The van der Waals surface area contributed by atoms with E-state index in [1.807, 2.05) is 0 Å². The maximum atomic E-state index is 10.4. The van der Waals surface area contributed by atoms with Crippen molar-refractivity contribution in [3.63, 3.8) is 0 Å². The molecular formula is C6H11NO2. The van der Waals surface area contributed by atoms with Crippen LogP contribution in [0, 0.1) is 0 Å². The first-order valence-corrected chi connectivity index (χ1v) is 2.68. The van der Waals surface area contributed by atoms with Crippen LogP contribution in [0.25, 0.3) is 0 Å². The number of nitrogens with two attached hydrogens (primary N) is 1. The zero-order valence-electron chi connectivity index (χ0n) is 5.63. The van der Waals surface area contributed by atoms with Crippen molar-refractivity contribution in [2.45, 2.75) is 13.0 Å². The van der Waals surface area contributed by atoms with Crippen molar-refractivity contribution in [1.29, 1.82) is 0 Å². The van der Waals surface area contributed by atoms with Crippen LogP contribution in [-0.4, -0.2) is 19.1 Å². The van der Waals surface area contributed by atoms with Gasteiger partial charge in [0.25, 0.3) is 0 Å². The van der Waals surface area contributed by atoms with Gasteiger partial charge in [-0.3, -0.25) is 0 Å². The molecule has 0 saturated carbocycles. The van der Waals surface area contributed by atoms with Crippen LogP contribution in [0.1, 0.15) is 6.92 Å². The zero-order valence-corrected chi connectivity index (χ0v) is 5.63. The summed E-state index contributed by atoms with van der Waals surface area (Å²) in [6.07, 6.45) is 2.89. The Hall–Kier alpha value is -0.830. The molecular weight excluding hydrogens is 118 g/mol. The minimum atomic E-state index is -0.368. The molecule has 0 unspecified atom stereocenters. The number of carbonyl (C=O) groups is 1. The third-order valence-corrected chi connectivity index (χ3v) is 0.737. The highest BCUT2D eigenvalue weighted by Crippen LogP contribution is 1.80. The van der Waals surface area contributed by atoms with Crippen LogP contribution in [0.15, 0.2) is 12.2 Å². The van der Waals surface area contributed by atoms with Crippen LogP contribution in [0.5, 0.6) is 0 Å². The van der Waals surface area contributed by atoms with Crippen molar-refractivity contribution >= 4 is 5.97 Å². The van der Waals surface area contributed by atoms with Gasteiger partial charge in [0, 0.05) is 12.1 Å². The fraction of sp³-hybridized carbons (Fsp3) is 0.500. The smallest absolute Gasteiger partial charge is 0.330 e. The monoisotopic (exact) mass is 129 g/mol. The molecule has 0 aromatic heterocycles. The lowest BCUT2D eigenvalue weighted by Crippen LogP contribution is -2.11. The van der Waals surface area contributed by atoms with E-state index in [0.717, 1.165) is 0 Å². The van der Waals surface area contributed by atoms with E-state index >= 15 is 0 Å². The fourth-order valence-corrected chi connectivity index (χ4v) is 0.298. The molecule has 1 atom stereocenters. The Bertz CT molecular complexity index is 118. The van der Waals surface area contributed by atoms with E-state index < -0.39 is 0 Å². The zero-order chi connectivity index (χ0) is 7.28. The third-order valence-electron chi connectivity index (χ3n) is 0.737. The van der Waals surface area contributed by atoms with Crippen LogP contribution in [0.4, 0.5) is 0 Å². The van der Waals surface area contributed by atoms with Gasteiger partial charge >= 0.3 is 5.97 Å². The summed E-state index contributed by atoms with van der Waals surface area (Å²) in [4.78, 5) is 10.4. The summed E-state index contributed by atoms with van der Waals surface area (Å²) in [5.74, 6) is -0.368. The van der Waals surface area contributed by atoms with E-state index in [1.165, 1.54) is 13.2 Å². The predicted octanol–water partition coefficient (Wildman–Crippen LogP) is 0.0628. The molecule has 0 bridgehead atoms. The molecule has 0 aliphatic rings. The summed E-state index contributed by atoms with van der Waals surface area (Å²) in [7, 11) is 1.33. The van der Waals surface area contributed by atoms with Gasteiger partial charge in [0.15, 0.2) is 0 Å². The van der Waals surface area contributed by atoms with Crippen molar-refractivity contribution in [2.24, 2.45) is 5.73 Å². The maximum absolute atomic E-state index is 10.4. The molecule has 52 valence electrons. The summed E-state index contributed by atoms with van der Waals surface area (Å²) in [6.45, 7) is 1.78. The molecule has 0 amide bonds. The van der Waals surface area contributed by atoms with Gasteiger partial charge in [-0.15, -0.1) is 0 Å². The standard InChI is InChI=1S/C6H11NO2/c1-5(7)3-4-6(8)9-2/h3-5H,7H2,1-2H3/b4-3+/t5-/m1/s1. The van der Waals surface area contributed by atoms with E-state index in [4.69, 9.17) is 5.73 Å². The lowest BCUT2D eigenvalue weighted by atomic mass is 10.3. The van der Waals surface area contributed by atoms with Crippen LogP contribution in [-0.2, 0) is 9.53 Å². The highest BCUT2D eigenvalue weighted by atomic mass is 16.5. The van der Waals surface area contributed by atoms with E-state index in [-0.39, 0.29) is 12.0 Å². The van der Waals surface area contributed by atoms with Gasteiger partial charge in [0.05, 0.1) is 7.11 Å². The summed E-state index contributed by atoms with van der Waals surface area (Å²) in [5, 5.41) is 0. The molecule has 0 rings (SSSR count). The Morgan fingerprint density at radius 2 is 2.33 bits per heavy atom. The number of ether oxygens (including phenoxy) is 1. The van der Waals surface area contributed by atoms with Crippen molar-refractivity contribution < 1.29 is 9.53 Å². The molecule has 0 heterocycles. The Balaban J connectivity index is 3.57. The number of hydrogen-bond acceptors (Lipinski definition) is 3. The second-order valence-corrected chi connectivity index (χ2v) is 1.74. The van der Waals surface area contributed by atoms with Crippen molar-refractivity contribution in [1.82, 2.24) is 0 Å². The molecule has 9 heavy (non-hydrogen) atoms. The Kier molecular flexibility index (Phi) is 3.71. The number of esters is 1. The van der Waals surface area contributed by atoms with E-state index in [2.05, 4.69) is 4.74 Å². The Labute approximate surface area is 54.5 Å². The topological polar surface area (TPSA) is 52.3 Å². The molecule has 0 aromatic carbocycles. The number of hydrogen-bond donors (Lipinski definition) is 1. The van der Waals surface area contributed by atoms with E-state index in [0.29, 0.717) is 0 Å². The first-order chi connectivity index (χ1) is 4.16. The van der Waals surface area contributed by atoms with Crippen LogP contribution in [0.2, 0.25) is 0 Å². The van der Waals surface area contributed by atoms with E-state index in [1.54, 1.807) is 13.0 Å². The molecule has 0 spiro atoms. The first-order valence-electron chi connectivity index (χ1n) is 2.68. The maximum Gasteiger partial charge on any atom is 0.330 e. The molecule has 3 nitrogen and oxygen atoms in total. The van der Waals surface area contributed by atoms with Crippen LogP contribution < -0.4 is 5.73 Å². The second-order valence-electron chi connectivity index (χ2n) is 1.74. The van der Waals surface area contributed by atoms with Gasteiger partial charge in [-0.25, -0.2) is 4.79 Å². The largest absolute Gasteiger partial charge is 0.466 e. The normalized spacial score (nSPS) is 13.7. The van der Waals surface area contributed by atoms with Crippen molar-refractivity contribution in [2.75, 3.05) is 7.11 Å². The fourth-order valence-electron chi connectivity index (χ4n) is 0.298. The van der Waals surface area contributed by atoms with Gasteiger partial charge in [-0.2, -0.15) is 0 Å². The minimum absolute atomic E-state index is 0.0934. The van der Waals surface area contributed by atoms with Crippen molar-refractivity contribution in [3.05, 3.63) is 12.2 Å². The lowest BCUT2D eigenvalue weighted by molar-refractivity contribution is -0.134. The molecule has 0 aromatic rings. The highest BCUT2D eigenvalue weighted by molar-refractivity contribution is 5.81. The number of rotatable bonds is 2. The average molecular weight is 129 g/mol. The van der Waals surface area contributed by atoms with Gasteiger partial charge in [-0.1, -0.05) is 6.08 Å². The third kappa shape index (κ3) is 5.03. The Morgan fingerprint density at radius 3 is 2.67 bits per heavy atom. The van der Waals surface area contributed by atoms with Gasteiger partial charge in [-0.05, 0) is 6.92 Å². The molecule has 0 aliphatic heterocycles. The van der Waals surface area contributed by atoms with Crippen LogP contribution >= 0.6 is 0 Å². The molecule has 3 heteroatoms. The molecule has 0 saturated heterocycles. The molecule has 0 fully saturated rings. The summed E-state index contributed by atoms with van der Waals surface area (Å²) in [6, 6.07) is -0.0934. The second kappa shape index (κ2) is 4.09. The SMILES string of the molecule is COC(=O)/C=C/[C@@H](C)N. The number of methoxy groups -OCH3 is 1. The predicted molar refractivity (Wildman–Crippen MR) is 34.8 cm³/mol. The van der Waals surface area contributed by atoms with E-state index in [9.17, 15) is 4.79 Å². The summed E-state index contributed by atoms with van der Waals surface area (Å²) in [5.41, 5.74) is 5.30. The van der Waals surface area contributed by atoms with Gasteiger partial charge in [0.1, 0.15) is 0 Å². The quantitative estimate of drug-likeness (QED) is 0.424. The summed E-state index contributed by atoms with van der Waals surface area (Å²) >= 11 is 0. The number of carbonyl (C=O) groups excluding carboxylic acids is 1. The summed E-state index contributed by atoms with van der Waals surface area (Å²) < 4.78 is 4.32. The molecule has 0 radical (unpaired) electrons. The lowest BCUT2D eigenvalue weighted by Gasteiger charge is -1.92. The van der Waals surface area contributed by atoms with Gasteiger partial charge in [0.2, 0.25) is 0 Å². The van der Waals surface area contributed by atoms with Crippen molar-refractivity contribution in [3.8, 4) is 0 Å². The van der Waals surface area contributed by atoms with Crippen LogP contribution in [0.3, 0.4) is 0 Å². The molecule has 0 aliphatic carbocycles. The van der Waals surface area contributed by atoms with Gasteiger partial charge < -0.3 is 10.5 Å².